The van der Waals surface area contributed by atoms with Crippen molar-refractivity contribution in [3.63, 3.8) is 0 Å². The van der Waals surface area contributed by atoms with Crippen LogP contribution in [-0.4, -0.2) is 23.6 Å². The Morgan fingerprint density at radius 2 is 2.27 bits per heavy atom. The van der Waals surface area contributed by atoms with Crippen LogP contribution in [0.25, 0.3) is 0 Å². The lowest BCUT2D eigenvalue weighted by molar-refractivity contribution is 0.211. The highest BCUT2D eigenvalue weighted by Crippen LogP contribution is 2.20. The Kier molecular flexibility index (Phi) is 4.70. The number of nitriles is 1. The molecule has 5 heteroatoms. The third-order valence-electron chi connectivity index (χ3n) is 1.81. The fourth-order valence-electron chi connectivity index (χ4n) is 1.04. The Balaban J connectivity index is 2.75. The molecule has 1 aromatic carbocycles. The summed E-state index contributed by atoms with van der Waals surface area (Å²) in [6, 6.07) is 6.93. The maximum absolute atomic E-state index is 9.24. The third-order valence-corrected chi connectivity index (χ3v) is 2.40. The highest BCUT2D eigenvalue weighted by Gasteiger charge is 2.05. The molecule has 0 saturated carbocycles. The summed E-state index contributed by atoms with van der Waals surface area (Å²) >= 11 is 11.2. The van der Waals surface area contributed by atoms with Crippen molar-refractivity contribution in [2.75, 3.05) is 17.7 Å². The lowest BCUT2D eigenvalue weighted by Crippen LogP contribution is -2.21. The fourth-order valence-corrected chi connectivity index (χ4v) is 1.32. The van der Waals surface area contributed by atoms with E-state index in [9.17, 15) is 5.11 Å². The first-order valence-corrected chi connectivity index (χ1v) is 5.26. The number of halogens is 2. The van der Waals surface area contributed by atoms with Crippen LogP contribution in [0.1, 0.15) is 5.56 Å². The molecule has 3 nitrogen and oxygen atoms in total. The number of nitrogens with one attached hydrogen (secondary N) is 1. The quantitative estimate of drug-likeness (QED) is 0.799. The average molecular weight is 245 g/mol. The van der Waals surface area contributed by atoms with Gasteiger partial charge in [-0.05, 0) is 18.2 Å². The SMILES string of the molecule is N#Cc1ccc(Cl)cc1NCC(O)CCl. The number of alkyl halides is 1. The van der Waals surface area contributed by atoms with Crippen LogP contribution in [-0.2, 0) is 0 Å². The van der Waals surface area contributed by atoms with Crippen molar-refractivity contribution in [3.8, 4) is 6.07 Å². The average Bonchev–Trinajstić information content (AvgIpc) is 2.26. The van der Waals surface area contributed by atoms with Gasteiger partial charge >= 0.3 is 0 Å². The van der Waals surface area contributed by atoms with Gasteiger partial charge in [0.25, 0.3) is 0 Å². The number of aliphatic hydroxyl groups excluding tert-OH is 1. The van der Waals surface area contributed by atoms with Crippen LogP contribution in [0.4, 0.5) is 5.69 Å². The maximum Gasteiger partial charge on any atom is 0.101 e. The van der Waals surface area contributed by atoms with Crippen LogP contribution >= 0.6 is 23.2 Å². The van der Waals surface area contributed by atoms with E-state index in [0.717, 1.165) is 0 Å². The lowest BCUT2D eigenvalue weighted by Gasteiger charge is -2.11. The molecule has 0 aliphatic carbocycles. The molecule has 0 aromatic heterocycles. The van der Waals surface area contributed by atoms with Crippen molar-refractivity contribution in [1.82, 2.24) is 0 Å². The second-order valence-corrected chi connectivity index (χ2v) is 3.74. The Hall–Kier alpha value is -0.950. The van der Waals surface area contributed by atoms with Gasteiger partial charge in [-0.3, -0.25) is 0 Å². The molecule has 1 atom stereocenters. The molecule has 1 aromatic rings. The summed E-state index contributed by atoms with van der Waals surface area (Å²) in [5.41, 5.74) is 1.09. The van der Waals surface area contributed by atoms with Crippen molar-refractivity contribution in [3.05, 3.63) is 28.8 Å². The standard InChI is InChI=1S/C10H10Cl2N2O/c11-4-9(15)6-14-10-3-8(12)2-1-7(10)5-13/h1-3,9,14-15H,4,6H2. The van der Waals surface area contributed by atoms with E-state index < -0.39 is 6.10 Å². The molecule has 0 saturated heterocycles. The van der Waals surface area contributed by atoms with E-state index in [2.05, 4.69) is 5.32 Å². The van der Waals surface area contributed by atoms with Crippen LogP contribution in [0, 0.1) is 11.3 Å². The number of benzene rings is 1. The van der Waals surface area contributed by atoms with Gasteiger partial charge in [0.1, 0.15) is 6.07 Å². The number of hydrogen-bond acceptors (Lipinski definition) is 3. The van der Waals surface area contributed by atoms with Gasteiger partial charge in [-0.15, -0.1) is 11.6 Å². The summed E-state index contributed by atoms with van der Waals surface area (Å²) in [5, 5.41) is 21.5. The highest BCUT2D eigenvalue weighted by molar-refractivity contribution is 6.30. The summed E-state index contributed by atoms with van der Waals surface area (Å²) in [6.07, 6.45) is -0.641. The van der Waals surface area contributed by atoms with Gasteiger partial charge in [0, 0.05) is 11.6 Å². The van der Waals surface area contributed by atoms with Gasteiger partial charge in [-0.2, -0.15) is 5.26 Å². The predicted octanol–water partition coefficient (Wildman–Crippen LogP) is 2.22. The summed E-state index contributed by atoms with van der Waals surface area (Å²) < 4.78 is 0. The summed E-state index contributed by atoms with van der Waals surface area (Å²) in [4.78, 5) is 0. The Labute approximate surface area is 98.2 Å². The summed E-state index contributed by atoms with van der Waals surface area (Å²) in [6.45, 7) is 0.290. The molecule has 0 aliphatic heterocycles. The minimum Gasteiger partial charge on any atom is -0.390 e. The minimum absolute atomic E-state index is 0.148. The van der Waals surface area contributed by atoms with Crippen molar-refractivity contribution >= 4 is 28.9 Å². The zero-order valence-corrected chi connectivity index (χ0v) is 9.39. The van der Waals surface area contributed by atoms with E-state index in [1.165, 1.54) is 0 Å². The van der Waals surface area contributed by atoms with E-state index in [1.54, 1.807) is 18.2 Å². The molecule has 15 heavy (non-hydrogen) atoms. The number of anilines is 1. The van der Waals surface area contributed by atoms with Crippen LogP contribution < -0.4 is 5.32 Å². The monoisotopic (exact) mass is 244 g/mol. The van der Waals surface area contributed by atoms with Gasteiger partial charge < -0.3 is 10.4 Å². The maximum atomic E-state index is 9.24. The molecular formula is C10H10Cl2N2O. The van der Waals surface area contributed by atoms with Gasteiger partial charge in [0.2, 0.25) is 0 Å². The zero-order chi connectivity index (χ0) is 11.3. The predicted molar refractivity (Wildman–Crippen MR) is 61.4 cm³/mol. The minimum atomic E-state index is -0.641. The molecule has 0 heterocycles. The molecule has 1 rings (SSSR count). The fraction of sp³-hybridized carbons (Fsp3) is 0.300. The van der Waals surface area contributed by atoms with Crippen molar-refractivity contribution in [2.45, 2.75) is 6.10 Å². The molecule has 0 amide bonds. The lowest BCUT2D eigenvalue weighted by atomic mass is 10.2. The number of nitrogens with zero attached hydrogens (tertiary/aromatic N) is 1. The summed E-state index contributed by atoms with van der Waals surface area (Å²) in [5.74, 6) is 0.148. The Morgan fingerprint density at radius 3 is 2.87 bits per heavy atom. The third kappa shape index (κ3) is 3.60. The second-order valence-electron chi connectivity index (χ2n) is 2.99. The second kappa shape index (κ2) is 5.82. The first-order valence-electron chi connectivity index (χ1n) is 4.35. The van der Waals surface area contributed by atoms with Crippen molar-refractivity contribution in [1.29, 1.82) is 5.26 Å². The molecular weight excluding hydrogens is 235 g/mol. The van der Waals surface area contributed by atoms with Crippen LogP contribution in [0.5, 0.6) is 0 Å². The van der Waals surface area contributed by atoms with E-state index >= 15 is 0 Å². The molecule has 1 unspecified atom stereocenters. The number of rotatable bonds is 4. The van der Waals surface area contributed by atoms with Crippen LogP contribution in [0.15, 0.2) is 18.2 Å². The topological polar surface area (TPSA) is 56.0 Å². The van der Waals surface area contributed by atoms with Crippen molar-refractivity contribution in [2.24, 2.45) is 0 Å². The largest absolute Gasteiger partial charge is 0.390 e. The highest BCUT2D eigenvalue weighted by atomic mass is 35.5. The van der Waals surface area contributed by atoms with E-state index in [4.69, 9.17) is 28.5 Å². The van der Waals surface area contributed by atoms with E-state index in [0.29, 0.717) is 22.8 Å². The zero-order valence-electron chi connectivity index (χ0n) is 7.87. The molecule has 0 bridgehead atoms. The number of hydrogen-bond donors (Lipinski definition) is 2. The molecule has 0 fully saturated rings. The van der Waals surface area contributed by atoms with Gasteiger partial charge in [0.05, 0.1) is 23.2 Å². The molecule has 0 radical (unpaired) electrons. The van der Waals surface area contributed by atoms with Crippen molar-refractivity contribution < 1.29 is 5.11 Å². The molecule has 2 N–H and O–H groups in total. The van der Waals surface area contributed by atoms with Gasteiger partial charge in [-0.1, -0.05) is 11.6 Å². The Bertz CT molecular complexity index is 376. The first-order chi connectivity index (χ1) is 7.17. The van der Waals surface area contributed by atoms with E-state index in [-0.39, 0.29) is 5.88 Å². The molecule has 0 aliphatic rings. The molecule has 0 spiro atoms. The van der Waals surface area contributed by atoms with E-state index in [1.807, 2.05) is 6.07 Å². The first kappa shape index (κ1) is 12.1. The van der Waals surface area contributed by atoms with Crippen LogP contribution in [0.3, 0.4) is 0 Å². The number of aliphatic hydroxyl groups is 1. The van der Waals surface area contributed by atoms with Gasteiger partial charge in [0.15, 0.2) is 0 Å². The normalized spacial score (nSPS) is 11.9. The smallest absolute Gasteiger partial charge is 0.101 e. The summed E-state index contributed by atoms with van der Waals surface area (Å²) in [7, 11) is 0. The Morgan fingerprint density at radius 1 is 1.53 bits per heavy atom. The van der Waals surface area contributed by atoms with Gasteiger partial charge in [-0.25, -0.2) is 0 Å². The van der Waals surface area contributed by atoms with Crippen LogP contribution in [0.2, 0.25) is 5.02 Å². The molecule has 80 valence electrons.